The van der Waals surface area contributed by atoms with E-state index in [1.165, 1.54) is 0 Å². The number of unbranched alkanes of at least 4 members (excludes halogenated alkanes) is 1. The molecule has 19 heavy (non-hydrogen) atoms. The first-order valence-electron chi connectivity index (χ1n) is 6.63. The van der Waals surface area contributed by atoms with Crippen LogP contribution in [-0.2, 0) is 14.3 Å². The number of rotatable bonds is 7. The number of aliphatic carboxylic acids is 1. The Kier molecular flexibility index (Phi) is 6.20. The van der Waals surface area contributed by atoms with Gasteiger partial charge in [-0.2, -0.15) is 0 Å². The monoisotopic (exact) mass is 273 g/mol. The Morgan fingerprint density at radius 3 is 2.68 bits per heavy atom. The Morgan fingerprint density at radius 2 is 2.11 bits per heavy atom. The molecule has 1 heterocycles. The number of amides is 1. The van der Waals surface area contributed by atoms with Crippen LogP contribution in [0.2, 0.25) is 0 Å². The highest BCUT2D eigenvalue weighted by Gasteiger charge is 2.39. The maximum absolute atomic E-state index is 11.8. The Balaban J connectivity index is 2.26. The van der Waals surface area contributed by atoms with Gasteiger partial charge in [-0.3, -0.25) is 9.59 Å². The molecular formula is C12H23N3O4. The minimum absolute atomic E-state index is 0.103. The standard InChI is InChI=1S/C12H23N3O4/c13-10(12(14)6-2-4-8-19-12)11(18)15-7-3-1-5-9(16)17/h10H,1-8,13-14H2,(H,15,18)(H,16,17). The van der Waals surface area contributed by atoms with Crippen LogP contribution < -0.4 is 16.8 Å². The van der Waals surface area contributed by atoms with Gasteiger partial charge in [0, 0.05) is 19.6 Å². The molecule has 0 saturated carbocycles. The predicted molar refractivity (Wildman–Crippen MR) is 69.2 cm³/mol. The molecule has 1 aliphatic rings. The largest absolute Gasteiger partial charge is 0.481 e. The van der Waals surface area contributed by atoms with Crippen LogP contribution in [0.5, 0.6) is 0 Å². The number of hydrogen-bond acceptors (Lipinski definition) is 5. The summed E-state index contributed by atoms with van der Waals surface area (Å²) < 4.78 is 5.42. The van der Waals surface area contributed by atoms with Gasteiger partial charge >= 0.3 is 5.97 Å². The Hall–Kier alpha value is -1.18. The van der Waals surface area contributed by atoms with E-state index in [2.05, 4.69) is 5.32 Å². The first kappa shape index (κ1) is 15.9. The molecule has 1 fully saturated rings. The molecule has 2 atom stereocenters. The average molecular weight is 273 g/mol. The molecule has 7 heteroatoms. The molecule has 0 spiro atoms. The number of ether oxygens (including phenoxy) is 1. The van der Waals surface area contributed by atoms with Gasteiger partial charge < -0.3 is 26.6 Å². The van der Waals surface area contributed by atoms with E-state index in [0.29, 0.717) is 32.4 Å². The van der Waals surface area contributed by atoms with Gasteiger partial charge in [-0.15, -0.1) is 0 Å². The summed E-state index contributed by atoms with van der Waals surface area (Å²) in [5.74, 6) is -1.18. The Bertz CT molecular complexity index is 316. The summed E-state index contributed by atoms with van der Waals surface area (Å²) in [5, 5.41) is 11.1. The fourth-order valence-corrected chi connectivity index (χ4v) is 2.03. The fraction of sp³-hybridized carbons (Fsp3) is 0.833. The van der Waals surface area contributed by atoms with Gasteiger partial charge in [0.05, 0.1) is 0 Å². The lowest BCUT2D eigenvalue weighted by atomic mass is 9.95. The number of carbonyl (C=O) groups excluding carboxylic acids is 1. The molecule has 7 nitrogen and oxygen atoms in total. The molecule has 0 bridgehead atoms. The summed E-state index contributed by atoms with van der Waals surface area (Å²) in [5.41, 5.74) is 10.7. The molecule has 0 aromatic rings. The lowest BCUT2D eigenvalue weighted by Gasteiger charge is -2.37. The highest BCUT2D eigenvalue weighted by atomic mass is 16.5. The third-order valence-electron chi connectivity index (χ3n) is 3.26. The van der Waals surface area contributed by atoms with Crippen molar-refractivity contribution < 1.29 is 19.4 Å². The fourth-order valence-electron chi connectivity index (χ4n) is 2.03. The van der Waals surface area contributed by atoms with E-state index in [1.807, 2.05) is 0 Å². The molecule has 1 aliphatic heterocycles. The van der Waals surface area contributed by atoms with Crippen LogP contribution in [0, 0.1) is 0 Å². The van der Waals surface area contributed by atoms with Crippen LogP contribution in [0.15, 0.2) is 0 Å². The second kappa shape index (κ2) is 7.42. The van der Waals surface area contributed by atoms with E-state index in [-0.39, 0.29) is 12.3 Å². The predicted octanol–water partition coefficient (Wildman–Crippen LogP) is -0.460. The van der Waals surface area contributed by atoms with Crippen molar-refractivity contribution >= 4 is 11.9 Å². The number of carboxylic acids is 1. The molecule has 0 radical (unpaired) electrons. The molecule has 1 amide bonds. The molecule has 0 aliphatic carbocycles. The van der Waals surface area contributed by atoms with Gasteiger partial charge in [0.2, 0.25) is 5.91 Å². The van der Waals surface area contributed by atoms with E-state index < -0.39 is 17.7 Å². The van der Waals surface area contributed by atoms with Crippen molar-refractivity contribution in [1.29, 1.82) is 0 Å². The van der Waals surface area contributed by atoms with Crippen molar-refractivity contribution in [2.75, 3.05) is 13.2 Å². The maximum atomic E-state index is 11.8. The molecule has 0 aromatic heterocycles. The Morgan fingerprint density at radius 1 is 1.37 bits per heavy atom. The number of hydrogen-bond donors (Lipinski definition) is 4. The highest BCUT2D eigenvalue weighted by Crippen LogP contribution is 2.22. The van der Waals surface area contributed by atoms with Crippen LogP contribution in [0.4, 0.5) is 0 Å². The van der Waals surface area contributed by atoms with Crippen LogP contribution in [0.1, 0.15) is 38.5 Å². The van der Waals surface area contributed by atoms with Gasteiger partial charge in [-0.05, 0) is 32.1 Å². The smallest absolute Gasteiger partial charge is 0.303 e. The summed E-state index contributed by atoms with van der Waals surface area (Å²) in [4.78, 5) is 22.1. The van der Waals surface area contributed by atoms with E-state index in [0.717, 1.165) is 12.8 Å². The highest BCUT2D eigenvalue weighted by molar-refractivity contribution is 5.82. The van der Waals surface area contributed by atoms with E-state index in [4.69, 9.17) is 21.3 Å². The third kappa shape index (κ3) is 5.14. The zero-order valence-electron chi connectivity index (χ0n) is 11.1. The first-order chi connectivity index (χ1) is 8.96. The maximum Gasteiger partial charge on any atom is 0.303 e. The number of carbonyl (C=O) groups is 2. The minimum atomic E-state index is -1.08. The van der Waals surface area contributed by atoms with Gasteiger partial charge in [0.1, 0.15) is 11.8 Å². The summed E-state index contributed by atoms with van der Waals surface area (Å²) in [6.07, 6.45) is 3.63. The summed E-state index contributed by atoms with van der Waals surface area (Å²) in [6, 6.07) is -0.896. The van der Waals surface area contributed by atoms with Gasteiger partial charge in [-0.1, -0.05) is 0 Å². The van der Waals surface area contributed by atoms with Crippen LogP contribution >= 0.6 is 0 Å². The van der Waals surface area contributed by atoms with E-state index in [1.54, 1.807) is 0 Å². The molecule has 6 N–H and O–H groups in total. The molecule has 0 aromatic carbocycles. The number of carboxylic acid groups (broad SMARTS) is 1. The summed E-state index contributed by atoms with van der Waals surface area (Å²) in [6.45, 7) is 0.923. The van der Waals surface area contributed by atoms with Crippen molar-refractivity contribution in [1.82, 2.24) is 5.32 Å². The topological polar surface area (TPSA) is 128 Å². The van der Waals surface area contributed by atoms with Gasteiger partial charge in [0.25, 0.3) is 0 Å². The van der Waals surface area contributed by atoms with Crippen molar-refractivity contribution in [2.24, 2.45) is 11.5 Å². The lowest BCUT2D eigenvalue weighted by molar-refractivity contribution is -0.138. The summed E-state index contributed by atoms with van der Waals surface area (Å²) in [7, 11) is 0. The van der Waals surface area contributed by atoms with Crippen LogP contribution in [0.3, 0.4) is 0 Å². The van der Waals surface area contributed by atoms with Crippen LogP contribution in [-0.4, -0.2) is 41.9 Å². The number of nitrogens with one attached hydrogen (secondary N) is 1. The van der Waals surface area contributed by atoms with Crippen molar-refractivity contribution in [3.8, 4) is 0 Å². The zero-order chi connectivity index (χ0) is 14.3. The third-order valence-corrected chi connectivity index (χ3v) is 3.26. The Labute approximate surface area is 112 Å². The minimum Gasteiger partial charge on any atom is -0.481 e. The first-order valence-corrected chi connectivity index (χ1v) is 6.63. The molecule has 110 valence electrons. The molecular weight excluding hydrogens is 250 g/mol. The van der Waals surface area contributed by atoms with E-state index in [9.17, 15) is 9.59 Å². The lowest BCUT2D eigenvalue weighted by Crippen LogP contribution is -2.64. The molecule has 2 unspecified atom stereocenters. The zero-order valence-corrected chi connectivity index (χ0v) is 11.1. The molecule has 1 saturated heterocycles. The van der Waals surface area contributed by atoms with Gasteiger partial charge in [-0.25, -0.2) is 0 Å². The molecule has 1 rings (SSSR count). The van der Waals surface area contributed by atoms with Crippen molar-refractivity contribution in [3.05, 3.63) is 0 Å². The SMILES string of the molecule is NC(C(=O)NCCCCC(=O)O)C1(N)CCCCO1. The summed E-state index contributed by atoms with van der Waals surface area (Å²) >= 11 is 0. The van der Waals surface area contributed by atoms with Crippen LogP contribution in [0.25, 0.3) is 0 Å². The number of nitrogens with two attached hydrogens (primary N) is 2. The van der Waals surface area contributed by atoms with Crippen molar-refractivity contribution in [3.63, 3.8) is 0 Å². The quantitative estimate of drug-likeness (QED) is 0.465. The second-order valence-electron chi connectivity index (χ2n) is 4.88. The van der Waals surface area contributed by atoms with Crippen molar-refractivity contribution in [2.45, 2.75) is 50.3 Å². The average Bonchev–Trinajstić information content (AvgIpc) is 2.37. The second-order valence-corrected chi connectivity index (χ2v) is 4.88. The normalized spacial score (nSPS) is 24.7. The van der Waals surface area contributed by atoms with E-state index >= 15 is 0 Å². The van der Waals surface area contributed by atoms with Gasteiger partial charge in [0.15, 0.2) is 0 Å².